The van der Waals surface area contributed by atoms with E-state index < -0.39 is 12.0 Å². The van der Waals surface area contributed by atoms with Gasteiger partial charge < -0.3 is 10.0 Å². The largest absolute Gasteiger partial charge is 0.479 e. The van der Waals surface area contributed by atoms with E-state index in [1.54, 1.807) is 19.2 Å². The SMILES string of the molecule is Cc1ccccc1C(C(=O)O)N(C)C(=O)C1=CCCC1. The highest BCUT2D eigenvalue weighted by molar-refractivity contribution is 5.96. The highest BCUT2D eigenvalue weighted by atomic mass is 16.4. The third-order valence-electron chi connectivity index (χ3n) is 3.74. The van der Waals surface area contributed by atoms with E-state index in [-0.39, 0.29) is 5.91 Å². The van der Waals surface area contributed by atoms with Crippen LogP contribution in [0.3, 0.4) is 0 Å². The monoisotopic (exact) mass is 273 g/mol. The lowest BCUT2D eigenvalue weighted by molar-refractivity contribution is -0.148. The number of allylic oxidation sites excluding steroid dienone is 1. The highest BCUT2D eigenvalue weighted by Crippen LogP contribution is 2.27. The van der Waals surface area contributed by atoms with Crippen molar-refractivity contribution in [2.45, 2.75) is 32.2 Å². The van der Waals surface area contributed by atoms with Gasteiger partial charge in [-0.2, -0.15) is 0 Å². The van der Waals surface area contributed by atoms with Crippen LogP contribution in [0.15, 0.2) is 35.9 Å². The Morgan fingerprint density at radius 3 is 2.55 bits per heavy atom. The molecular weight excluding hydrogens is 254 g/mol. The van der Waals surface area contributed by atoms with E-state index >= 15 is 0 Å². The van der Waals surface area contributed by atoms with Crippen molar-refractivity contribution in [1.29, 1.82) is 0 Å². The summed E-state index contributed by atoms with van der Waals surface area (Å²) in [5, 5.41) is 9.50. The molecule has 1 aromatic rings. The number of benzene rings is 1. The van der Waals surface area contributed by atoms with Crippen molar-refractivity contribution in [3.05, 3.63) is 47.0 Å². The summed E-state index contributed by atoms with van der Waals surface area (Å²) in [4.78, 5) is 25.3. The highest BCUT2D eigenvalue weighted by Gasteiger charge is 2.31. The molecule has 1 amide bonds. The summed E-state index contributed by atoms with van der Waals surface area (Å²) in [7, 11) is 1.56. The van der Waals surface area contributed by atoms with Gasteiger partial charge in [0, 0.05) is 12.6 Å². The predicted molar refractivity (Wildman–Crippen MR) is 76.3 cm³/mol. The number of amides is 1. The number of rotatable bonds is 4. The van der Waals surface area contributed by atoms with Crippen LogP contribution in [0.1, 0.15) is 36.4 Å². The summed E-state index contributed by atoms with van der Waals surface area (Å²) < 4.78 is 0. The van der Waals surface area contributed by atoms with Crippen LogP contribution >= 0.6 is 0 Å². The summed E-state index contributed by atoms with van der Waals surface area (Å²) in [6.45, 7) is 1.86. The fourth-order valence-electron chi connectivity index (χ4n) is 2.61. The van der Waals surface area contributed by atoms with Crippen LogP contribution in [0.2, 0.25) is 0 Å². The van der Waals surface area contributed by atoms with Crippen molar-refractivity contribution in [3.8, 4) is 0 Å². The molecule has 0 spiro atoms. The minimum atomic E-state index is -1.01. The number of carbonyl (C=O) groups is 2. The van der Waals surface area contributed by atoms with Crippen LogP contribution < -0.4 is 0 Å². The summed E-state index contributed by atoms with van der Waals surface area (Å²) in [5.74, 6) is -1.19. The van der Waals surface area contributed by atoms with Crippen molar-refractivity contribution in [2.24, 2.45) is 0 Å². The first-order valence-corrected chi connectivity index (χ1v) is 6.77. The fourth-order valence-corrected chi connectivity index (χ4v) is 2.61. The van der Waals surface area contributed by atoms with Crippen molar-refractivity contribution < 1.29 is 14.7 Å². The Morgan fingerprint density at radius 1 is 1.30 bits per heavy atom. The molecule has 0 aliphatic heterocycles. The van der Waals surface area contributed by atoms with Crippen LogP contribution in [-0.4, -0.2) is 28.9 Å². The van der Waals surface area contributed by atoms with Gasteiger partial charge in [0.2, 0.25) is 5.91 Å². The van der Waals surface area contributed by atoms with Crippen LogP contribution in [-0.2, 0) is 9.59 Å². The number of likely N-dealkylation sites (N-methyl/N-ethyl adjacent to an activating group) is 1. The molecule has 0 heterocycles. The molecule has 1 atom stereocenters. The van der Waals surface area contributed by atoms with E-state index in [9.17, 15) is 14.7 Å². The molecule has 106 valence electrons. The molecule has 2 rings (SSSR count). The Kier molecular flexibility index (Phi) is 4.23. The molecule has 1 N–H and O–H groups in total. The lowest BCUT2D eigenvalue weighted by Crippen LogP contribution is -2.36. The van der Waals surface area contributed by atoms with E-state index in [0.29, 0.717) is 5.56 Å². The second kappa shape index (κ2) is 5.90. The second-order valence-corrected chi connectivity index (χ2v) is 5.14. The Bertz CT molecular complexity index is 563. The van der Waals surface area contributed by atoms with Crippen LogP contribution in [0.5, 0.6) is 0 Å². The van der Waals surface area contributed by atoms with Crippen molar-refractivity contribution in [2.75, 3.05) is 7.05 Å². The third kappa shape index (κ3) is 2.74. The average molecular weight is 273 g/mol. The number of carboxylic acids is 1. The van der Waals surface area contributed by atoms with Crippen molar-refractivity contribution >= 4 is 11.9 Å². The number of hydrogen-bond donors (Lipinski definition) is 1. The zero-order chi connectivity index (χ0) is 14.7. The maximum atomic E-state index is 12.4. The number of carboxylic acid groups (broad SMARTS) is 1. The maximum Gasteiger partial charge on any atom is 0.331 e. The lowest BCUT2D eigenvalue weighted by Gasteiger charge is -2.26. The number of aliphatic carboxylic acids is 1. The number of aryl methyl sites for hydroxylation is 1. The molecule has 1 aromatic carbocycles. The summed E-state index contributed by atoms with van der Waals surface area (Å²) in [5.41, 5.74) is 2.27. The normalized spacial score (nSPS) is 15.6. The van der Waals surface area contributed by atoms with Gasteiger partial charge in [0.25, 0.3) is 0 Å². The molecular formula is C16H19NO3. The Labute approximate surface area is 118 Å². The van der Waals surface area contributed by atoms with E-state index in [1.165, 1.54) is 4.90 Å². The Balaban J connectivity index is 2.32. The van der Waals surface area contributed by atoms with Gasteiger partial charge in [-0.05, 0) is 37.3 Å². The molecule has 0 aromatic heterocycles. The smallest absolute Gasteiger partial charge is 0.331 e. The lowest BCUT2D eigenvalue weighted by atomic mass is 9.99. The first kappa shape index (κ1) is 14.3. The topological polar surface area (TPSA) is 57.6 Å². The van der Waals surface area contributed by atoms with Crippen molar-refractivity contribution in [3.63, 3.8) is 0 Å². The first-order chi connectivity index (χ1) is 9.52. The van der Waals surface area contributed by atoms with Gasteiger partial charge in [0.05, 0.1) is 0 Å². The maximum absolute atomic E-state index is 12.4. The Hall–Kier alpha value is -2.10. The molecule has 1 unspecified atom stereocenters. The molecule has 0 fully saturated rings. The minimum absolute atomic E-state index is 0.182. The molecule has 1 aliphatic carbocycles. The average Bonchev–Trinajstić information content (AvgIpc) is 2.93. The molecule has 0 bridgehead atoms. The van der Waals surface area contributed by atoms with E-state index in [0.717, 1.165) is 30.4 Å². The first-order valence-electron chi connectivity index (χ1n) is 6.77. The third-order valence-corrected chi connectivity index (χ3v) is 3.74. The number of carbonyl (C=O) groups excluding carboxylic acids is 1. The van der Waals surface area contributed by atoms with E-state index in [2.05, 4.69) is 0 Å². The van der Waals surface area contributed by atoms with E-state index in [1.807, 2.05) is 25.1 Å². The number of nitrogens with zero attached hydrogens (tertiary/aromatic N) is 1. The molecule has 1 aliphatic rings. The van der Waals surface area contributed by atoms with Gasteiger partial charge in [-0.3, -0.25) is 4.79 Å². The molecule has 4 nitrogen and oxygen atoms in total. The predicted octanol–water partition coefficient (Wildman–Crippen LogP) is 2.69. The van der Waals surface area contributed by atoms with Gasteiger partial charge >= 0.3 is 5.97 Å². The fraction of sp³-hybridized carbons (Fsp3) is 0.375. The minimum Gasteiger partial charge on any atom is -0.479 e. The van der Waals surface area contributed by atoms with E-state index in [4.69, 9.17) is 0 Å². The van der Waals surface area contributed by atoms with Gasteiger partial charge in [-0.25, -0.2) is 4.79 Å². The standard InChI is InChI=1S/C16H19NO3/c1-11-7-3-6-10-13(11)14(16(19)20)17(2)15(18)12-8-4-5-9-12/h3,6-8,10,14H,4-5,9H2,1-2H3,(H,19,20). The van der Waals surface area contributed by atoms with Crippen LogP contribution in [0, 0.1) is 6.92 Å². The molecule has 4 heteroatoms. The zero-order valence-corrected chi connectivity index (χ0v) is 11.8. The quantitative estimate of drug-likeness (QED) is 0.917. The number of hydrogen-bond acceptors (Lipinski definition) is 2. The summed E-state index contributed by atoms with van der Waals surface area (Å²) >= 11 is 0. The van der Waals surface area contributed by atoms with Crippen LogP contribution in [0.25, 0.3) is 0 Å². The zero-order valence-electron chi connectivity index (χ0n) is 11.8. The summed E-state index contributed by atoms with van der Waals surface area (Å²) in [6.07, 6.45) is 4.52. The van der Waals surface area contributed by atoms with Crippen molar-refractivity contribution in [1.82, 2.24) is 4.90 Å². The van der Waals surface area contributed by atoms with Gasteiger partial charge in [0.1, 0.15) is 0 Å². The van der Waals surface area contributed by atoms with Gasteiger partial charge in [-0.15, -0.1) is 0 Å². The molecule has 0 saturated heterocycles. The molecule has 0 saturated carbocycles. The summed E-state index contributed by atoms with van der Waals surface area (Å²) in [6, 6.07) is 6.34. The molecule has 20 heavy (non-hydrogen) atoms. The second-order valence-electron chi connectivity index (χ2n) is 5.14. The van der Waals surface area contributed by atoms with Crippen LogP contribution in [0.4, 0.5) is 0 Å². The van der Waals surface area contributed by atoms with Gasteiger partial charge in [0.15, 0.2) is 6.04 Å². The van der Waals surface area contributed by atoms with Gasteiger partial charge in [-0.1, -0.05) is 30.3 Å². The molecule has 0 radical (unpaired) electrons. The Morgan fingerprint density at radius 2 is 2.00 bits per heavy atom.